The summed E-state index contributed by atoms with van der Waals surface area (Å²) >= 11 is 0. The zero-order valence-electron chi connectivity index (χ0n) is 14.5. The van der Waals surface area contributed by atoms with Gasteiger partial charge < -0.3 is 9.47 Å². The van der Waals surface area contributed by atoms with E-state index in [0.29, 0.717) is 0 Å². The molecule has 0 spiro atoms. The monoisotopic (exact) mass is 318 g/mol. The van der Waals surface area contributed by atoms with E-state index in [1.165, 1.54) is 27.7 Å². The molecule has 0 fully saturated rings. The van der Waals surface area contributed by atoms with Crippen LogP contribution in [0, 0.1) is 6.92 Å². The average Bonchev–Trinajstić information content (AvgIpc) is 2.88. The molecule has 0 saturated carbocycles. The summed E-state index contributed by atoms with van der Waals surface area (Å²) in [4.78, 5) is 10.8. The van der Waals surface area contributed by atoms with E-state index in [0.717, 1.165) is 30.8 Å². The van der Waals surface area contributed by atoms with Crippen LogP contribution in [0.3, 0.4) is 0 Å². The number of benzene rings is 1. The van der Waals surface area contributed by atoms with Crippen LogP contribution in [-0.2, 0) is 13.0 Å². The van der Waals surface area contributed by atoms with E-state index in [1.54, 1.807) is 12.5 Å². The largest absolute Gasteiger partial charge is 0.318 e. The quantitative estimate of drug-likeness (QED) is 0.722. The number of nitrogens with zero attached hydrogens (tertiary/aromatic N) is 4. The molecule has 0 unspecified atom stereocenters. The third-order valence-corrected chi connectivity index (χ3v) is 4.85. The molecule has 0 saturated heterocycles. The molecule has 3 aromatic rings. The number of likely N-dealkylation sites (N-methyl/N-ethyl adjacent to an activating group) is 1. The van der Waals surface area contributed by atoms with Crippen LogP contribution in [-0.4, -0.2) is 33.0 Å². The van der Waals surface area contributed by atoms with Crippen LogP contribution < -0.4 is 0 Å². The third kappa shape index (κ3) is 2.53. The summed E-state index contributed by atoms with van der Waals surface area (Å²) in [6.07, 6.45) is 6.73. The van der Waals surface area contributed by atoms with E-state index >= 15 is 0 Å². The number of allylic oxidation sites excluding steroid dienone is 1. The SMILES string of the molecule is C/C(=C/n1c2c(c3cc(C)ccc31)CCN(C)C2)c1ccncn1. The van der Waals surface area contributed by atoms with Gasteiger partial charge in [-0.2, -0.15) is 0 Å². The molecule has 4 heteroatoms. The lowest BCUT2D eigenvalue weighted by atomic mass is 10.0. The summed E-state index contributed by atoms with van der Waals surface area (Å²) in [5, 5.41) is 1.39. The van der Waals surface area contributed by atoms with Crippen molar-refractivity contribution in [1.29, 1.82) is 0 Å². The first-order valence-corrected chi connectivity index (χ1v) is 8.39. The minimum atomic E-state index is 0.969. The fourth-order valence-electron chi connectivity index (χ4n) is 3.57. The van der Waals surface area contributed by atoms with Crippen LogP contribution in [0.15, 0.2) is 36.8 Å². The number of aryl methyl sites for hydroxylation is 1. The van der Waals surface area contributed by atoms with Crippen molar-refractivity contribution in [3.63, 3.8) is 0 Å². The molecule has 122 valence electrons. The van der Waals surface area contributed by atoms with Crippen LogP contribution in [0.25, 0.3) is 22.7 Å². The molecule has 2 aromatic heterocycles. The predicted octanol–water partition coefficient (Wildman–Crippen LogP) is 3.75. The van der Waals surface area contributed by atoms with Crippen molar-refractivity contribution >= 4 is 22.7 Å². The van der Waals surface area contributed by atoms with E-state index in [2.05, 4.69) is 64.7 Å². The molecule has 0 atom stereocenters. The van der Waals surface area contributed by atoms with Gasteiger partial charge in [-0.05, 0) is 56.7 Å². The summed E-state index contributed by atoms with van der Waals surface area (Å²) in [6.45, 7) is 6.38. The van der Waals surface area contributed by atoms with Gasteiger partial charge in [-0.15, -0.1) is 0 Å². The maximum atomic E-state index is 4.38. The van der Waals surface area contributed by atoms with Gasteiger partial charge in [0.25, 0.3) is 0 Å². The van der Waals surface area contributed by atoms with Gasteiger partial charge in [0.2, 0.25) is 0 Å². The lowest BCUT2D eigenvalue weighted by Gasteiger charge is -2.24. The van der Waals surface area contributed by atoms with Gasteiger partial charge in [0, 0.05) is 36.6 Å². The van der Waals surface area contributed by atoms with E-state index in [9.17, 15) is 0 Å². The van der Waals surface area contributed by atoms with Gasteiger partial charge in [0.15, 0.2) is 0 Å². The molecule has 0 radical (unpaired) electrons. The summed E-state index contributed by atoms with van der Waals surface area (Å²) in [7, 11) is 2.19. The Morgan fingerprint density at radius 2 is 2.12 bits per heavy atom. The summed E-state index contributed by atoms with van der Waals surface area (Å²) < 4.78 is 2.36. The second kappa shape index (κ2) is 5.87. The van der Waals surface area contributed by atoms with Crippen LogP contribution in [0.2, 0.25) is 0 Å². The number of aromatic nitrogens is 3. The molecule has 1 aliphatic heterocycles. The van der Waals surface area contributed by atoms with E-state index < -0.39 is 0 Å². The molecule has 24 heavy (non-hydrogen) atoms. The summed E-state index contributed by atoms with van der Waals surface area (Å²) in [5.41, 5.74) is 7.62. The standard InChI is InChI=1S/C20H22N4/c1-14-4-5-19-17(10-14)16-7-9-23(3)12-20(16)24(19)11-15(2)18-6-8-21-13-22-18/h4-6,8,10-11,13H,7,9,12H2,1-3H3/b15-11-. The van der Waals surface area contributed by atoms with Crippen molar-refractivity contribution < 1.29 is 0 Å². The molecule has 0 amide bonds. The Labute approximate surface area is 142 Å². The Balaban J connectivity index is 1.93. The Morgan fingerprint density at radius 1 is 1.25 bits per heavy atom. The highest BCUT2D eigenvalue weighted by Gasteiger charge is 2.21. The number of rotatable bonds is 2. The van der Waals surface area contributed by atoms with Crippen LogP contribution in [0.4, 0.5) is 0 Å². The van der Waals surface area contributed by atoms with Gasteiger partial charge >= 0.3 is 0 Å². The van der Waals surface area contributed by atoms with E-state index in [4.69, 9.17) is 0 Å². The van der Waals surface area contributed by atoms with Crippen molar-refractivity contribution in [3.8, 4) is 0 Å². The minimum Gasteiger partial charge on any atom is -0.318 e. The Kier molecular flexibility index (Phi) is 3.69. The van der Waals surface area contributed by atoms with Gasteiger partial charge in [-0.25, -0.2) is 9.97 Å². The first-order valence-electron chi connectivity index (χ1n) is 8.39. The molecule has 4 rings (SSSR count). The van der Waals surface area contributed by atoms with E-state index in [-0.39, 0.29) is 0 Å². The molecule has 4 nitrogen and oxygen atoms in total. The molecular weight excluding hydrogens is 296 g/mol. The van der Waals surface area contributed by atoms with E-state index in [1.807, 2.05) is 6.07 Å². The molecule has 1 aliphatic rings. The highest BCUT2D eigenvalue weighted by atomic mass is 15.1. The summed E-state index contributed by atoms with van der Waals surface area (Å²) in [5.74, 6) is 0. The minimum absolute atomic E-state index is 0.969. The van der Waals surface area contributed by atoms with Crippen molar-refractivity contribution in [2.45, 2.75) is 26.8 Å². The predicted molar refractivity (Wildman–Crippen MR) is 98.6 cm³/mol. The average molecular weight is 318 g/mol. The third-order valence-electron chi connectivity index (χ3n) is 4.85. The zero-order chi connectivity index (χ0) is 16.7. The second-order valence-electron chi connectivity index (χ2n) is 6.71. The van der Waals surface area contributed by atoms with Crippen LogP contribution >= 0.6 is 0 Å². The Hall–Kier alpha value is -2.46. The first kappa shape index (κ1) is 15.1. The first-order chi connectivity index (χ1) is 11.6. The smallest absolute Gasteiger partial charge is 0.116 e. The van der Waals surface area contributed by atoms with Crippen molar-refractivity contribution in [2.75, 3.05) is 13.6 Å². The number of hydrogen-bond acceptors (Lipinski definition) is 3. The second-order valence-corrected chi connectivity index (χ2v) is 6.71. The molecular formula is C20H22N4. The Morgan fingerprint density at radius 3 is 2.92 bits per heavy atom. The summed E-state index contributed by atoms with van der Waals surface area (Å²) in [6, 6.07) is 8.72. The highest BCUT2D eigenvalue weighted by Crippen LogP contribution is 2.32. The maximum Gasteiger partial charge on any atom is 0.116 e. The van der Waals surface area contributed by atoms with Crippen molar-refractivity contribution in [1.82, 2.24) is 19.4 Å². The highest BCUT2D eigenvalue weighted by molar-refractivity contribution is 5.90. The molecule has 3 heterocycles. The van der Waals surface area contributed by atoms with Gasteiger partial charge in [-0.3, -0.25) is 0 Å². The number of hydrogen-bond donors (Lipinski definition) is 0. The fourth-order valence-corrected chi connectivity index (χ4v) is 3.57. The molecule has 0 aliphatic carbocycles. The maximum absolute atomic E-state index is 4.38. The lowest BCUT2D eigenvalue weighted by molar-refractivity contribution is 0.308. The van der Waals surface area contributed by atoms with Crippen molar-refractivity contribution in [2.24, 2.45) is 0 Å². The van der Waals surface area contributed by atoms with Crippen LogP contribution in [0.5, 0.6) is 0 Å². The Bertz CT molecular complexity index is 922. The topological polar surface area (TPSA) is 34.0 Å². The fraction of sp³-hybridized carbons (Fsp3) is 0.300. The molecule has 1 aromatic carbocycles. The normalized spacial score (nSPS) is 15.7. The van der Waals surface area contributed by atoms with Crippen molar-refractivity contribution in [3.05, 3.63) is 59.3 Å². The lowest BCUT2D eigenvalue weighted by Crippen LogP contribution is -2.27. The van der Waals surface area contributed by atoms with Crippen LogP contribution in [0.1, 0.15) is 29.4 Å². The van der Waals surface area contributed by atoms with Gasteiger partial charge in [-0.1, -0.05) is 11.6 Å². The molecule has 0 bridgehead atoms. The van der Waals surface area contributed by atoms with Gasteiger partial charge in [0.05, 0.1) is 11.2 Å². The zero-order valence-corrected chi connectivity index (χ0v) is 14.5. The molecule has 0 N–H and O–H groups in total. The number of fused-ring (bicyclic) bond motifs is 3. The van der Waals surface area contributed by atoms with Gasteiger partial charge in [0.1, 0.15) is 6.33 Å².